The summed E-state index contributed by atoms with van der Waals surface area (Å²) in [4.78, 5) is 2.47. The third-order valence-electron chi connectivity index (χ3n) is 17.3. The lowest BCUT2D eigenvalue weighted by Gasteiger charge is -2.30. The number of rotatable bonds is 8. The van der Waals surface area contributed by atoms with Crippen molar-refractivity contribution >= 4 is 17.1 Å². The largest absolute Gasteiger partial charge is 0.310 e. The maximum absolute atomic E-state index is 2.47. The van der Waals surface area contributed by atoms with Crippen LogP contribution in [0, 0.1) is 0 Å². The molecule has 0 radical (unpaired) electrons. The standard InChI is InChI=1S/C73H55N/c1-71(2)64-30-15-11-26-58(64)62-28-19-29-63(70(62)71)61-27-14-18-33-69(61)74(54-40-34-48(35-41-54)50-38-44-59-56-24-12-16-31-65(56)72(3,67(59)46-50)52-20-7-5-8-21-52)55-42-36-49(37-43-55)51-39-45-60-57-25-13-17-32-66(57)73(4,68(60)47-51)53-22-9-6-10-23-53/h5-47H,1-4H3. The average Bonchev–Trinajstić information content (AvgIpc) is 3.99. The van der Waals surface area contributed by atoms with Crippen LogP contribution in [-0.4, -0.2) is 0 Å². The van der Waals surface area contributed by atoms with E-state index in [1.54, 1.807) is 0 Å². The predicted molar refractivity (Wildman–Crippen MR) is 310 cm³/mol. The quantitative estimate of drug-likeness (QED) is 0.147. The molecule has 2 unspecified atom stereocenters. The second-order valence-corrected chi connectivity index (χ2v) is 21.4. The molecule has 1 heteroatoms. The minimum absolute atomic E-state index is 0.175. The first-order valence-corrected chi connectivity index (χ1v) is 26.2. The highest BCUT2D eigenvalue weighted by Crippen LogP contribution is 2.57. The summed E-state index contributed by atoms with van der Waals surface area (Å²) >= 11 is 0. The van der Waals surface area contributed by atoms with E-state index < -0.39 is 0 Å². The van der Waals surface area contributed by atoms with Gasteiger partial charge in [-0.05, 0) is 162 Å². The summed E-state index contributed by atoms with van der Waals surface area (Å²) in [6.07, 6.45) is 0. The molecule has 14 rings (SSSR count). The summed E-state index contributed by atoms with van der Waals surface area (Å²) in [5, 5.41) is 0. The van der Waals surface area contributed by atoms with Crippen molar-refractivity contribution in [2.45, 2.75) is 43.9 Å². The molecule has 0 N–H and O–H groups in total. The highest BCUT2D eigenvalue weighted by atomic mass is 15.1. The topological polar surface area (TPSA) is 3.24 Å². The fourth-order valence-electron chi connectivity index (χ4n) is 13.5. The molecule has 0 saturated heterocycles. The maximum Gasteiger partial charge on any atom is 0.0540 e. The van der Waals surface area contributed by atoms with Crippen molar-refractivity contribution in [2.24, 2.45) is 0 Å². The molecule has 0 saturated carbocycles. The van der Waals surface area contributed by atoms with Crippen LogP contribution in [0.4, 0.5) is 17.1 Å². The predicted octanol–water partition coefficient (Wildman–Crippen LogP) is 19.1. The number of anilines is 3. The van der Waals surface area contributed by atoms with Gasteiger partial charge in [-0.3, -0.25) is 0 Å². The molecule has 0 spiro atoms. The van der Waals surface area contributed by atoms with Gasteiger partial charge >= 0.3 is 0 Å². The molecular formula is C73H55N. The van der Waals surface area contributed by atoms with E-state index in [2.05, 4.69) is 293 Å². The fraction of sp³-hybridized carbons (Fsp3) is 0.0959. The molecule has 11 aromatic rings. The molecule has 11 aromatic carbocycles. The highest BCUT2D eigenvalue weighted by molar-refractivity contribution is 5.95. The van der Waals surface area contributed by atoms with Crippen LogP contribution in [0.1, 0.15) is 72.2 Å². The molecule has 0 heterocycles. The van der Waals surface area contributed by atoms with Gasteiger partial charge in [-0.15, -0.1) is 0 Å². The number of hydrogen-bond acceptors (Lipinski definition) is 1. The van der Waals surface area contributed by atoms with Crippen molar-refractivity contribution < 1.29 is 0 Å². The van der Waals surface area contributed by atoms with Crippen molar-refractivity contribution in [2.75, 3.05) is 4.90 Å². The van der Waals surface area contributed by atoms with Gasteiger partial charge in [0.15, 0.2) is 0 Å². The lowest BCUT2D eigenvalue weighted by Crippen LogP contribution is -2.22. The van der Waals surface area contributed by atoms with E-state index in [1.165, 1.54) is 111 Å². The van der Waals surface area contributed by atoms with E-state index in [-0.39, 0.29) is 16.2 Å². The summed E-state index contributed by atoms with van der Waals surface area (Å²) in [7, 11) is 0. The Kier molecular flexibility index (Phi) is 9.88. The van der Waals surface area contributed by atoms with Crippen LogP contribution in [0.25, 0.3) is 66.8 Å². The molecule has 0 aromatic heterocycles. The zero-order chi connectivity index (χ0) is 49.8. The molecule has 0 aliphatic heterocycles. The molecule has 3 aliphatic rings. The lowest BCUT2D eigenvalue weighted by atomic mass is 9.74. The average molecular weight is 946 g/mol. The van der Waals surface area contributed by atoms with E-state index >= 15 is 0 Å². The summed E-state index contributed by atoms with van der Waals surface area (Å²) in [5.41, 5.74) is 28.6. The van der Waals surface area contributed by atoms with Crippen LogP contribution in [0.2, 0.25) is 0 Å². The summed E-state index contributed by atoms with van der Waals surface area (Å²) < 4.78 is 0. The summed E-state index contributed by atoms with van der Waals surface area (Å²) in [6.45, 7) is 9.57. The van der Waals surface area contributed by atoms with Crippen molar-refractivity contribution in [1.82, 2.24) is 0 Å². The van der Waals surface area contributed by atoms with Gasteiger partial charge in [0, 0.05) is 33.2 Å². The first-order valence-electron chi connectivity index (χ1n) is 26.2. The third-order valence-corrected chi connectivity index (χ3v) is 17.3. The Morgan fingerprint density at radius 2 is 0.608 bits per heavy atom. The van der Waals surface area contributed by atoms with Crippen LogP contribution in [0.5, 0.6) is 0 Å². The Bertz CT molecular complexity index is 3810. The van der Waals surface area contributed by atoms with Crippen molar-refractivity contribution in [3.05, 3.63) is 305 Å². The second kappa shape index (κ2) is 16.6. The number of hydrogen-bond donors (Lipinski definition) is 0. The van der Waals surface area contributed by atoms with Crippen LogP contribution >= 0.6 is 0 Å². The van der Waals surface area contributed by atoms with Gasteiger partial charge in [-0.2, -0.15) is 0 Å². The number of benzene rings is 11. The van der Waals surface area contributed by atoms with Crippen LogP contribution in [0.3, 0.4) is 0 Å². The van der Waals surface area contributed by atoms with E-state index in [1.807, 2.05) is 0 Å². The first kappa shape index (κ1) is 44.0. The van der Waals surface area contributed by atoms with Gasteiger partial charge in [0.25, 0.3) is 0 Å². The molecule has 352 valence electrons. The first-order chi connectivity index (χ1) is 36.2. The van der Waals surface area contributed by atoms with Gasteiger partial charge in [-0.25, -0.2) is 0 Å². The molecular weight excluding hydrogens is 891 g/mol. The zero-order valence-electron chi connectivity index (χ0n) is 42.3. The fourth-order valence-corrected chi connectivity index (χ4v) is 13.5. The van der Waals surface area contributed by atoms with E-state index in [0.717, 1.165) is 17.1 Å². The minimum Gasteiger partial charge on any atom is -0.310 e. The Labute approximate surface area is 435 Å². The Morgan fingerprint density at radius 1 is 0.257 bits per heavy atom. The molecule has 2 atom stereocenters. The Hall–Kier alpha value is -8.78. The zero-order valence-corrected chi connectivity index (χ0v) is 42.3. The minimum atomic E-state index is -0.268. The van der Waals surface area contributed by atoms with Crippen LogP contribution in [0.15, 0.2) is 261 Å². The lowest BCUT2D eigenvalue weighted by molar-refractivity contribution is 0.662. The highest BCUT2D eigenvalue weighted by Gasteiger charge is 2.43. The van der Waals surface area contributed by atoms with E-state index in [4.69, 9.17) is 0 Å². The van der Waals surface area contributed by atoms with E-state index in [0.29, 0.717) is 0 Å². The maximum atomic E-state index is 2.47. The SMILES string of the molecule is CC1(C)c2ccccc2-c2cccc(-c3ccccc3N(c3ccc(-c4ccc5c(c4)C(C)(c4ccccc4)c4ccccc4-5)cc3)c3ccc(-c4ccc5c(c4)C(C)(c4ccccc4)c4ccccc4-5)cc3)c21. The Morgan fingerprint density at radius 3 is 1.09 bits per heavy atom. The molecule has 0 fully saturated rings. The Balaban J connectivity index is 0.891. The van der Waals surface area contributed by atoms with E-state index in [9.17, 15) is 0 Å². The molecule has 0 bridgehead atoms. The second-order valence-electron chi connectivity index (χ2n) is 21.4. The van der Waals surface area contributed by atoms with Crippen molar-refractivity contribution in [3.8, 4) is 66.8 Å². The smallest absolute Gasteiger partial charge is 0.0540 e. The summed E-state index contributed by atoms with van der Waals surface area (Å²) in [6, 6.07) is 97.5. The van der Waals surface area contributed by atoms with Gasteiger partial charge in [-0.1, -0.05) is 232 Å². The third kappa shape index (κ3) is 6.42. The van der Waals surface area contributed by atoms with Crippen LogP contribution in [-0.2, 0) is 16.2 Å². The summed E-state index contributed by atoms with van der Waals surface area (Å²) in [5.74, 6) is 0. The van der Waals surface area contributed by atoms with Gasteiger partial charge in [0.2, 0.25) is 0 Å². The molecule has 1 nitrogen and oxygen atoms in total. The monoisotopic (exact) mass is 945 g/mol. The number of nitrogens with zero attached hydrogens (tertiary/aromatic N) is 1. The van der Waals surface area contributed by atoms with Crippen molar-refractivity contribution in [1.29, 1.82) is 0 Å². The molecule has 0 amide bonds. The van der Waals surface area contributed by atoms with Gasteiger partial charge < -0.3 is 4.90 Å². The van der Waals surface area contributed by atoms with Gasteiger partial charge in [0.05, 0.1) is 5.69 Å². The van der Waals surface area contributed by atoms with Crippen molar-refractivity contribution in [3.63, 3.8) is 0 Å². The number of fused-ring (bicyclic) bond motifs is 9. The molecule has 74 heavy (non-hydrogen) atoms. The van der Waals surface area contributed by atoms with Gasteiger partial charge in [0.1, 0.15) is 0 Å². The number of para-hydroxylation sites is 1. The molecule has 3 aliphatic carbocycles. The normalized spacial score (nSPS) is 17.1. The van der Waals surface area contributed by atoms with Crippen LogP contribution < -0.4 is 4.90 Å².